The van der Waals surface area contributed by atoms with Gasteiger partial charge in [0, 0.05) is 5.92 Å². The summed E-state index contributed by atoms with van der Waals surface area (Å²) >= 11 is 0. The number of para-hydroxylation sites is 1. The summed E-state index contributed by atoms with van der Waals surface area (Å²) in [5.41, 5.74) is 0.796. The van der Waals surface area contributed by atoms with Crippen LogP contribution in [0.3, 0.4) is 0 Å². The molecule has 4 fully saturated rings. The lowest BCUT2D eigenvalue weighted by Crippen LogP contribution is -2.57. The van der Waals surface area contributed by atoms with Gasteiger partial charge in [0.25, 0.3) is 0 Å². The van der Waals surface area contributed by atoms with Crippen LogP contribution in [0.4, 0.5) is 4.39 Å². The number of benzene rings is 1. The average Bonchev–Trinajstić information content (AvgIpc) is 2.87. The van der Waals surface area contributed by atoms with Crippen molar-refractivity contribution in [1.82, 2.24) is 9.97 Å². The normalized spacial score (nSPS) is 40.1. The SMILES string of the molecule is C[C@H]1CC[C@@]2(C)C(CC[C@@H]3C2CC[C@@]2(C)C3CCC[C@@H]2C(=O)COc2ncnc3c(F)cccc23)C1. The Hall–Kier alpha value is -2.04. The highest BCUT2D eigenvalue weighted by Gasteiger charge is 2.59. The van der Waals surface area contributed by atoms with Gasteiger partial charge in [-0.3, -0.25) is 4.79 Å². The Morgan fingerprint density at radius 3 is 2.69 bits per heavy atom. The number of ether oxygens (including phenoxy) is 1. The van der Waals surface area contributed by atoms with Crippen LogP contribution in [0, 0.1) is 52.2 Å². The second-order valence-electron chi connectivity index (χ2n) is 13.1. The largest absolute Gasteiger partial charge is 0.469 e. The number of carbonyl (C=O) groups is 1. The van der Waals surface area contributed by atoms with Crippen LogP contribution in [0.25, 0.3) is 10.9 Å². The summed E-state index contributed by atoms with van der Waals surface area (Å²) in [5, 5.41) is 0.519. The van der Waals surface area contributed by atoms with Crippen LogP contribution >= 0.6 is 0 Å². The molecule has 0 spiro atoms. The minimum absolute atomic E-state index is 0.00137. The number of fused-ring (bicyclic) bond motifs is 6. The Bertz CT molecular complexity index is 1150. The lowest BCUT2D eigenvalue weighted by Gasteiger charge is -2.63. The van der Waals surface area contributed by atoms with Crippen molar-refractivity contribution in [3.63, 3.8) is 0 Å². The fraction of sp³-hybridized carbons (Fsp3) is 0.710. The first-order chi connectivity index (χ1) is 17.3. The van der Waals surface area contributed by atoms with Crippen molar-refractivity contribution < 1.29 is 13.9 Å². The molecule has 4 aliphatic carbocycles. The molecule has 0 bridgehead atoms. The van der Waals surface area contributed by atoms with Crippen LogP contribution in [0.5, 0.6) is 5.88 Å². The zero-order chi connectivity index (χ0) is 25.1. The van der Waals surface area contributed by atoms with Gasteiger partial charge in [-0.1, -0.05) is 39.7 Å². The molecule has 0 N–H and O–H groups in total. The fourth-order valence-electron chi connectivity index (χ4n) is 9.58. The van der Waals surface area contributed by atoms with Crippen LogP contribution in [0.1, 0.15) is 85.0 Å². The predicted molar refractivity (Wildman–Crippen MR) is 139 cm³/mol. The first-order valence-electron chi connectivity index (χ1n) is 14.4. The molecule has 0 aliphatic heterocycles. The van der Waals surface area contributed by atoms with Gasteiger partial charge >= 0.3 is 0 Å². The van der Waals surface area contributed by atoms with E-state index in [1.165, 1.54) is 57.3 Å². The molecule has 5 heteroatoms. The van der Waals surface area contributed by atoms with Crippen molar-refractivity contribution in [3.8, 4) is 5.88 Å². The number of carbonyl (C=O) groups excluding carboxylic acids is 1. The molecule has 8 atom stereocenters. The highest BCUT2D eigenvalue weighted by molar-refractivity contribution is 5.86. The van der Waals surface area contributed by atoms with E-state index >= 15 is 0 Å². The Morgan fingerprint density at radius 1 is 1.03 bits per heavy atom. The Morgan fingerprint density at radius 2 is 1.83 bits per heavy atom. The van der Waals surface area contributed by atoms with E-state index in [4.69, 9.17) is 4.74 Å². The maximum atomic E-state index is 14.2. The molecule has 2 aromatic rings. The number of rotatable bonds is 4. The Balaban J connectivity index is 1.20. The molecule has 4 aliphatic rings. The number of ketones is 1. The molecule has 0 saturated heterocycles. The molecular formula is C31H41FN2O2. The number of nitrogens with zero attached hydrogens (tertiary/aromatic N) is 2. The molecular weight excluding hydrogens is 451 g/mol. The first-order valence-corrected chi connectivity index (χ1v) is 14.4. The number of hydrogen-bond acceptors (Lipinski definition) is 4. The van der Waals surface area contributed by atoms with Crippen molar-refractivity contribution in [3.05, 3.63) is 30.3 Å². The number of aromatic nitrogens is 2. The van der Waals surface area contributed by atoms with Crippen molar-refractivity contribution in [2.24, 2.45) is 46.3 Å². The lowest BCUT2D eigenvalue weighted by molar-refractivity contribution is -0.158. The second kappa shape index (κ2) is 9.06. The maximum Gasteiger partial charge on any atom is 0.224 e. The molecule has 1 heterocycles. The summed E-state index contributed by atoms with van der Waals surface area (Å²) in [5.74, 6) is 4.15. The van der Waals surface area contributed by atoms with Gasteiger partial charge in [-0.25, -0.2) is 14.4 Å². The summed E-state index contributed by atoms with van der Waals surface area (Å²) in [7, 11) is 0. The van der Waals surface area contributed by atoms with Crippen LogP contribution in [-0.2, 0) is 4.79 Å². The smallest absolute Gasteiger partial charge is 0.224 e. The number of halogens is 1. The van der Waals surface area contributed by atoms with Gasteiger partial charge < -0.3 is 4.74 Å². The third-order valence-corrected chi connectivity index (χ3v) is 11.5. The summed E-state index contributed by atoms with van der Waals surface area (Å²) < 4.78 is 20.1. The van der Waals surface area contributed by atoms with E-state index in [1.54, 1.807) is 12.1 Å². The Labute approximate surface area is 214 Å². The van der Waals surface area contributed by atoms with E-state index < -0.39 is 5.82 Å². The molecule has 6 rings (SSSR count). The minimum Gasteiger partial charge on any atom is -0.469 e. The summed E-state index contributed by atoms with van der Waals surface area (Å²) in [4.78, 5) is 21.9. The highest BCUT2D eigenvalue weighted by atomic mass is 19.1. The van der Waals surface area contributed by atoms with E-state index in [1.807, 2.05) is 0 Å². The van der Waals surface area contributed by atoms with Gasteiger partial charge in [-0.15, -0.1) is 0 Å². The highest BCUT2D eigenvalue weighted by Crippen LogP contribution is 2.66. The summed E-state index contributed by atoms with van der Waals surface area (Å²) in [6, 6.07) is 4.76. The number of hydrogen-bond donors (Lipinski definition) is 0. The van der Waals surface area contributed by atoms with Gasteiger partial charge in [0.15, 0.2) is 5.78 Å². The van der Waals surface area contributed by atoms with Gasteiger partial charge in [0.1, 0.15) is 24.3 Å². The third kappa shape index (κ3) is 3.79. The first kappa shape index (κ1) is 24.3. The minimum atomic E-state index is -0.402. The van der Waals surface area contributed by atoms with Crippen LogP contribution < -0.4 is 4.74 Å². The molecule has 4 nitrogen and oxygen atoms in total. The number of Topliss-reactive ketones (excluding diaryl/α,β-unsaturated/α-hetero) is 1. The van der Waals surface area contributed by atoms with E-state index in [0.29, 0.717) is 22.6 Å². The molecule has 1 aromatic carbocycles. The van der Waals surface area contributed by atoms with Crippen molar-refractivity contribution >= 4 is 16.7 Å². The summed E-state index contributed by atoms with van der Waals surface area (Å²) in [6.07, 6.45) is 14.1. The van der Waals surface area contributed by atoms with Crippen LogP contribution in [0.15, 0.2) is 24.5 Å². The molecule has 1 aromatic heterocycles. The topological polar surface area (TPSA) is 52.1 Å². The zero-order valence-corrected chi connectivity index (χ0v) is 22.1. The van der Waals surface area contributed by atoms with Gasteiger partial charge in [0.2, 0.25) is 5.88 Å². The molecule has 0 amide bonds. The fourth-order valence-corrected chi connectivity index (χ4v) is 9.58. The molecule has 3 unspecified atom stereocenters. The molecule has 194 valence electrons. The van der Waals surface area contributed by atoms with E-state index in [2.05, 4.69) is 30.7 Å². The average molecular weight is 493 g/mol. The standard InChI is InChI=1S/C31H41FN2O2/c1-19-12-14-30(2)20(16-19)10-11-21-23-7-5-8-25(31(23,3)15-13-24(21)30)27(35)17-36-29-22-6-4-9-26(32)28(22)33-18-34-29/h4,6,9,18-21,23-25H,5,7-8,10-17H2,1-3H3/t19-,20?,21-,23?,24?,25+,30-,31-/m0/s1. The predicted octanol–water partition coefficient (Wildman–Crippen LogP) is 7.40. The second-order valence-corrected chi connectivity index (χ2v) is 13.1. The zero-order valence-electron chi connectivity index (χ0n) is 22.1. The Kier molecular flexibility index (Phi) is 6.12. The van der Waals surface area contributed by atoms with E-state index in [0.717, 1.165) is 42.9 Å². The molecule has 4 saturated carbocycles. The monoisotopic (exact) mass is 492 g/mol. The third-order valence-electron chi connectivity index (χ3n) is 11.5. The van der Waals surface area contributed by atoms with E-state index in [-0.39, 0.29) is 29.2 Å². The van der Waals surface area contributed by atoms with Gasteiger partial charge in [-0.05, 0) is 104 Å². The molecule has 0 radical (unpaired) electrons. The van der Waals surface area contributed by atoms with Crippen LogP contribution in [0.2, 0.25) is 0 Å². The van der Waals surface area contributed by atoms with Gasteiger partial charge in [-0.2, -0.15) is 0 Å². The lowest BCUT2D eigenvalue weighted by atomic mass is 9.41. The van der Waals surface area contributed by atoms with Gasteiger partial charge in [0.05, 0.1) is 5.39 Å². The maximum absolute atomic E-state index is 14.2. The summed E-state index contributed by atoms with van der Waals surface area (Å²) in [6.45, 7) is 7.49. The quantitative estimate of drug-likeness (QED) is 0.446. The van der Waals surface area contributed by atoms with E-state index in [9.17, 15) is 9.18 Å². The van der Waals surface area contributed by atoms with Crippen molar-refractivity contribution in [1.29, 1.82) is 0 Å². The van der Waals surface area contributed by atoms with Crippen LogP contribution in [-0.4, -0.2) is 22.4 Å². The van der Waals surface area contributed by atoms with Crippen molar-refractivity contribution in [2.75, 3.05) is 6.61 Å². The van der Waals surface area contributed by atoms with Crippen molar-refractivity contribution in [2.45, 2.75) is 85.0 Å². The molecule has 36 heavy (non-hydrogen) atoms.